The van der Waals surface area contributed by atoms with Crippen LogP contribution in [0.1, 0.15) is 5.56 Å². The van der Waals surface area contributed by atoms with Crippen LogP contribution in [-0.4, -0.2) is 19.2 Å². The predicted octanol–water partition coefficient (Wildman–Crippen LogP) is 3.63. The molecule has 6 nitrogen and oxygen atoms in total. The second-order valence-electron chi connectivity index (χ2n) is 5.02. The Bertz CT molecular complexity index is 823. The van der Waals surface area contributed by atoms with Crippen LogP contribution in [0.15, 0.2) is 42.5 Å². The van der Waals surface area contributed by atoms with Gasteiger partial charge in [0, 0.05) is 11.8 Å². The molecule has 0 saturated heterocycles. The number of fused-ring (bicyclic) bond motifs is 1. The fourth-order valence-corrected chi connectivity index (χ4v) is 2.22. The molecule has 25 heavy (non-hydrogen) atoms. The van der Waals surface area contributed by atoms with E-state index in [1.807, 2.05) is 0 Å². The molecule has 9 heteroatoms. The lowest BCUT2D eigenvalue weighted by molar-refractivity contribution is -0.137. The lowest BCUT2D eigenvalue weighted by atomic mass is 10.2. The first-order valence-corrected chi connectivity index (χ1v) is 7.01. The van der Waals surface area contributed by atoms with E-state index in [2.05, 4.69) is 5.32 Å². The van der Waals surface area contributed by atoms with Gasteiger partial charge in [-0.3, -0.25) is 4.79 Å². The van der Waals surface area contributed by atoms with Crippen LogP contribution in [0.2, 0.25) is 0 Å². The summed E-state index contributed by atoms with van der Waals surface area (Å²) in [6, 6.07) is 7.55. The number of nitrogens with one attached hydrogen (secondary N) is 1. The van der Waals surface area contributed by atoms with Crippen LogP contribution < -0.4 is 19.7 Å². The summed E-state index contributed by atoms with van der Waals surface area (Å²) in [5, 5.41) is 2.42. The van der Waals surface area contributed by atoms with Crippen molar-refractivity contribution in [2.24, 2.45) is 0 Å². The quantitative estimate of drug-likeness (QED) is 0.857. The van der Waals surface area contributed by atoms with Gasteiger partial charge in [0.05, 0.1) is 11.3 Å². The summed E-state index contributed by atoms with van der Waals surface area (Å²) < 4.78 is 48.6. The average molecular weight is 352 g/mol. The van der Waals surface area contributed by atoms with Crippen molar-refractivity contribution in [3.63, 3.8) is 0 Å². The van der Waals surface area contributed by atoms with Crippen LogP contribution in [0.3, 0.4) is 0 Å². The number of halogens is 3. The van der Waals surface area contributed by atoms with E-state index in [0.717, 1.165) is 12.1 Å². The van der Waals surface area contributed by atoms with Crippen molar-refractivity contribution in [2.75, 3.05) is 17.0 Å². The maximum Gasteiger partial charge on any atom is 0.416 e. The molecule has 3 amide bonds. The molecule has 2 aromatic rings. The van der Waals surface area contributed by atoms with Crippen LogP contribution in [0.5, 0.6) is 11.5 Å². The summed E-state index contributed by atoms with van der Waals surface area (Å²) >= 11 is 0. The van der Waals surface area contributed by atoms with E-state index in [4.69, 9.17) is 9.47 Å². The summed E-state index contributed by atoms with van der Waals surface area (Å²) in [4.78, 5) is 24.0. The van der Waals surface area contributed by atoms with Crippen LogP contribution in [0.25, 0.3) is 0 Å². The molecule has 1 N–H and O–H groups in total. The second-order valence-corrected chi connectivity index (χ2v) is 5.02. The topological polar surface area (TPSA) is 67.9 Å². The Morgan fingerprint density at radius 1 is 1.12 bits per heavy atom. The number of alkyl halides is 3. The number of nitrogens with zero attached hydrogens (tertiary/aromatic N) is 1. The minimum Gasteiger partial charge on any atom is -0.454 e. The number of ether oxygens (including phenoxy) is 2. The molecular formula is C16H11F3N2O4. The van der Waals surface area contributed by atoms with Gasteiger partial charge in [-0.1, -0.05) is 6.07 Å². The fraction of sp³-hybridized carbons (Fsp3) is 0.125. The van der Waals surface area contributed by atoms with E-state index in [1.54, 1.807) is 6.07 Å². The third-order valence-electron chi connectivity index (χ3n) is 3.40. The number of hydrogen-bond donors (Lipinski definition) is 1. The zero-order valence-electron chi connectivity index (χ0n) is 12.5. The lowest BCUT2D eigenvalue weighted by Crippen LogP contribution is -2.33. The number of urea groups is 1. The van der Waals surface area contributed by atoms with Gasteiger partial charge in [-0.05, 0) is 30.3 Å². The Morgan fingerprint density at radius 3 is 2.60 bits per heavy atom. The number of benzene rings is 2. The van der Waals surface area contributed by atoms with Crippen molar-refractivity contribution < 1.29 is 32.2 Å². The highest BCUT2D eigenvalue weighted by molar-refractivity contribution is 6.12. The Morgan fingerprint density at radius 2 is 1.88 bits per heavy atom. The standard InChI is InChI=1S/C16H11F3N2O4/c17-16(18,19)10-2-1-3-12(6-10)21(8-22)15(23)20-11-4-5-13-14(7-11)25-9-24-13/h1-8H,9H2,(H,20,23). The summed E-state index contributed by atoms with van der Waals surface area (Å²) in [7, 11) is 0. The second kappa shape index (κ2) is 6.34. The number of hydrogen-bond acceptors (Lipinski definition) is 4. The third kappa shape index (κ3) is 3.49. The summed E-state index contributed by atoms with van der Waals surface area (Å²) in [5.41, 5.74) is -0.871. The SMILES string of the molecule is O=CN(C(=O)Nc1ccc2c(c1)OCO2)c1cccc(C(F)(F)F)c1. The minimum absolute atomic E-state index is 0.0530. The zero-order valence-corrected chi connectivity index (χ0v) is 12.5. The van der Waals surface area contributed by atoms with Crippen molar-refractivity contribution in [3.8, 4) is 11.5 Å². The van der Waals surface area contributed by atoms with Crippen LogP contribution in [0.4, 0.5) is 29.3 Å². The largest absolute Gasteiger partial charge is 0.454 e. The maximum absolute atomic E-state index is 12.8. The van der Waals surface area contributed by atoms with Crippen LogP contribution >= 0.6 is 0 Å². The first kappa shape index (κ1) is 16.6. The van der Waals surface area contributed by atoms with E-state index in [0.29, 0.717) is 28.2 Å². The normalized spacial score (nSPS) is 12.6. The molecule has 0 aromatic heterocycles. The molecule has 0 radical (unpaired) electrons. The molecule has 0 unspecified atom stereocenters. The van der Waals surface area contributed by atoms with Gasteiger partial charge < -0.3 is 14.8 Å². The molecule has 3 rings (SSSR count). The highest BCUT2D eigenvalue weighted by Gasteiger charge is 2.31. The Kier molecular flexibility index (Phi) is 4.22. The third-order valence-corrected chi connectivity index (χ3v) is 3.40. The number of imide groups is 1. The first-order valence-electron chi connectivity index (χ1n) is 7.01. The van der Waals surface area contributed by atoms with Gasteiger partial charge in [-0.15, -0.1) is 0 Å². The van der Waals surface area contributed by atoms with E-state index in [1.165, 1.54) is 18.2 Å². The van der Waals surface area contributed by atoms with E-state index >= 15 is 0 Å². The van der Waals surface area contributed by atoms with Gasteiger partial charge in [-0.25, -0.2) is 9.69 Å². The number of anilines is 2. The summed E-state index contributed by atoms with van der Waals surface area (Å²) in [6.45, 7) is 0.0530. The van der Waals surface area contributed by atoms with Gasteiger partial charge >= 0.3 is 12.2 Å². The average Bonchev–Trinajstić information content (AvgIpc) is 3.03. The molecule has 1 aliphatic heterocycles. The maximum atomic E-state index is 12.8. The number of carbonyl (C=O) groups is 2. The molecule has 0 aliphatic carbocycles. The minimum atomic E-state index is -4.58. The Labute approximate surface area is 139 Å². The lowest BCUT2D eigenvalue weighted by Gasteiger charge is -2.18. The van der Waals surface area contributed by atoms with Gasteiger partial charge in [0.2, 0.25) is 13.2 Å². The Hall–Kier alpha value is -3.23. The van der Waals surface area contributed by atoms with Crippen molar-refractivity contribution in [3.05, 3.63) is 48.0 Å². The molecule has 0 atom stereocenters. The zero-order chi connectivity index (χ0) is 18.0. The molecule has 130 valence electrons. The van der Waals surface area contributed by atoms with E-state index < -0.39 is 17.8 Å². The van der Waals surface area contributed by atoms with Gasteiger partial charge in [0.25, 0.3) is 0 Å². The molecule has 0 saturated carbocycles. The van der Waals surface area contributed by atoms with Crippen molar-refractivity contribution in [1.29, 1.82) is 0 Å². The summed E-state index contributed by atoms with van der Waals surface area (Å²) in [5.74, 6) is 0.914. The first-order chi connectivity index (χ1) is 11.9. The summed E-state index contributed by atoms with van der Waals surface area (Å²) in [6.07, 6.45) is -4.45. The number of carbonyl (C=O) groups excluding carboxylic acids is 2. The van der Waals surface area contributed by atoms with Crippen LogP contribution in [-0.2, 0) is 11.0 Å². The van der Waals surface area contributed by atoms with Crippen LogP contribution in [0, 0.1) is 0 Å². The number of amides is 3. The van der Waals surface area contributed by atoms with Crippen molar-refractivity contribution >= 4 is 23.8 Å². The molecule has 1 heterocycles. The van der Waals surface area contributed by atoms with Crippen molar-refractivity contribution in [1.82, 2.24) is 0 Å². The Balaban J connectivity index is 1.81. The molecule has 2 aromatic carbocycles. The smallest absolute Gasteiger partial charge is 0.416 e. The number of rotatable bonds is 3. The van der Waals surface area contributed by atoms with Gasteiger partial charge in [0.1, 0.15) is 0 Å². The molecule has 0 fully saturated rings. The molecule has 0 spiro atoms. The van der Waals surface area contributed by atoms with E-state index in [9.17, 15) is 22.8 Å². The highest BCUT2D eigenvalue weighted by atomic mass is 19.4. The van der Waals surface area contributed by atoms with Crippen molar-refractivity contribution in [2.45, 2.75) is 6.18 Å². The fourth-order valence-electron chi connectivity index (χ4n) is 2.22. The highest BCUT2D eigenvalue weighted by Crippen LogP contribution is 2.35. The predicted molar refractivity (Wildman–Crippen MR) is 81.6 cm³/mol. The van der Waals surface area contributed by atoms with Gasteiger partial charge in [0.15, 0.2) is 11.5 Å². The monoisotopic (exact) mass is 352 g/mol. The van der Waals surface area contributed by atoms with Gasteiger partial charge in [-0.2, -0.15) is 13.2 Å². The molecule has 0 bridgehead atoms. The molecular weight excluding hydrogens is 341 g/mol. The van der Waals surface area contributed by atoms with E-state index in [-0.39, 0.29) is 18.9 Å². The molecule has 1 aliphatic rings.